The Morgan fingerprint density at radius 3 is 2.43 bits per heavy atom. The molecule has 0 fully saturated rings. The summed E-state index contributed by atoms with van der Waals surface area (Å²) in [5.74, 6) is -0.154. The van der Waals surface area contributed by atoms with Gasteiger partial charge < -0.3 is 17.7 Å². The molecule has 0 bridgehead atoms. The van der Waals surface area contributed by atoms with E-state index in [-0.39, 0.29) is 69.8 Å². The molecular weight excluding hydrogens is 307 g/mol. The van der Waals surface area contributed by atoms with E-state index in [2.05, 4.69) is 5.10 Å². The zero-order valence-corrected chi connectivity index (χ0v) is 15.4. The molecule has 0 saturated heterocycles. The van der Waals surface area contributed by atoms with Gasteiger partial charge in [0.05, 0.1) is 11.4 Å². The number of ether oxygens (including phenoxy) is 1. The number of nitrogens with zero attached hydrogens (tertiary/aromatic N) is 2. The Hall–Kier alpha value is -0.279. The summed E-state index contributed by atoms with van der Waals surface area (Å²) < 4.78 is 45.5. The molecule has 2 aromatic rings. The van der Waals surface area contributed by atoms with Crippen molar-refractivity contribution in [3.63, 3.8) is 0 Å². The summed E-state index contributed by atoms with van der Waals surface area (Å²) in [5.41, 5.74) is -0.112. The fourth-order valence-corrected chi connectivity index (χ4v) is 1.78. The maximum absolute atomic E-state index is 12.8. The van der Waals surface area contributed by atoms with Crippen LogP contribution in [-0.4, -0.2) is 16.8 Å². The monoisotopic (exact) mass is 322 g/mol. The Labute approximate surface area is 164 Å². The summed E-state index contributed by atoms with van der Waals surface area (Å²) >= 11 is 0. The van der Waals surface area contributed by atoms with Crippen molar-refractivity contribution in [1.82, 2.24) is 9.78 Å². The van der Waals surface area contributed by atoms with E-state index in [0.717, 1.165) is 6.07 Å². The van der Waals surface area contributed by atoms with Crippen LogP contribution in [0.4, 0.5) is 12.9 Å². The minimum absolute atomic E-state index is 0. The summed E-state index contributed by atoms with van der Waals surface area (Å²) in [6.45, 7) is -1.12. The first kappa shape index (κ1) is 18.8. The van der Waals surface area contributed by atoms with Gasteiger partial charge in [0.15, 0.2) is 0 Å². The quantitative estimate of drug-likeness (QED) is 0.730. The van der Waals surface area contributed by atoms with Crippen LogP contribution in [0.25, 0.3) is 0 Å². The van der Waals surface area contributed by atoms with Crippen LogP contribution in [0, 0.1) is 0 Å². The second-order valence-electron chi connectivity index (χ2n) is 4.78. The Morgan fingerprint density at radius 2 is 1.86 bits per heavy atom. The van der Waals surface area contributed by atoms with Gasteiger partial charge in [-0.25, -0.2) is 0 Å². The summed E-state index contributed by atoms with van der Waals surface area (Å²) in [5, 5.41) is 4.23. The topological polar surface area (TPSA) is 27.1 Å². The number of benzene rings is 1. The maximum Gasteiger partial charge on any atom is 1.00 e. The molecule has 0 saturated carbocycles. The van der Waals surface area contributed by atoms with Gasteiger partial charge in [-0.3, -0.25) is 4.68 Å². The van der Waals surface area contributed by atoms with E-state index in [4.69, 9.17) is 4.74 Å². The van der Waals surface area contributed by atoms with Crippen LogP contribution in [0.2, 0.25) is 0 Å². The molecule has 0 N–H and O–H groups in total. The van der Waals surface area contributed by atoms with E-state index >= 15 is 0 Å². The van der Waals surface area contributed by atoms with Gasteiger partial charge in [0.25, 0.3) is 0 Å². The third-order valence-electron chi connectivity index (χ3n) is 2.84. The molecule has 1 aromatic carbocycles. The van der Waals surface area contributed by atoms with Crippen molar-refractivity contribution in [3.8, 4) is 5.75 Å². The Morgan fingerprint density at radius 1 is 1.19 bits per heavy atom. The van der Waals surface area contributed by atoms with Crippen LogP contribution in [0.15, 0.2) is 36.5 Å². The molecule has 0 amide bonds. The molecular formula is C13H15BF3KN2O. The van der Waals surface area contributed by atoms with Crippen molar-refractivity contribution in [2.24, 2.45) is 0 Å². The van der Waals surface area contributed by atoms with Gasteiger partial charge in [0.2, 0.25) is 0 Å². The van der Waals surface area contributed by atoms with Crippen molar-refractivity contribution in [1.29, 1.82) is 0 Å². The van der Waals surface area contributed by atoms with Crippen molar-refractivity contribution < 1.29 is 69.1 Å². The predicted octanol–water partition coefficient (Wildman–Crippen LogP) is 0.101. The molecule has 0 aliphatic heterocycles. The van der Waals surface area contributed by atoms with Gasteiger partial charge in [0.1, 0.15) is 6.61 Å². The SMILES string of the molecule is CC(C)n1ccc(COc2ccccc2[B-](F)(F)F)n1.[K+]. The summed E-state index contributed by atoms with van der Waals surface area (Å²) in [6, 6.07) is 7.17. The van der Waals surface area contributed by atoms with Crippen molar-refractivity contribution in [2.75, 3.05) is 0 Å². The molecule has 1 aromatic heterocycles. The molecule has 0 unspecified atom stereocenters. The number of aromatic nitrogens is 2. The fraction of sp³-hybridized carbons (Fsp3) is 0.308. The van der Waals surface area contributed by atoms with Gasteiger partial charge in [0, 0.05) is 12.2 Å². The number of halogens is 3. The predicted molar refractivity (Wildman–Crippen MR) is 72.1 cm³/mol. The first-order chi connectivity index (χ1) is 9.38. The third-order valence-corrected chi connectivity index (χ3v) is 2.84. The minimum Gasteiger partial charge on any atom is -0.490 e. The Bertz CT molecular complexity index is 587. The molecule has 0 aliphatic carbocycles. The third kappa shape index (κ3) is 5.14. The standard InChI is InChI=1S/C13H15BF3N2O.K/c1-10(2)19-8-7-11(18-19)9-20-13-6-4-3-5-12(13)14(15,16)17;/h3-8,10H,9H2,1-2H3;/q-1;+1. The second-order valence-corrected chi connectivity index (χ2v) is 4.78. The van der Waals surface area contributed by atoms with Crippen LogP contribution in [0.3, 0.4) is 0 Å². The molecule has 2 rings (SSSR count). The van der Waals surface area contributed by atoms with E-state index in [9.17, 15) is 12.9 Å². The van der Waals surface area contributed by atoms with E-state index < -0.39 is 12.4 Å². The average molecular weight is 322 g/mol. The van der Waals surface area contributed by atoms with E-state index in [0.29, 0.717) is 5.69 Å². The van der Waals surface area contributed by atoms with Crippen LogP contribution >= 0.6 is 0 Å². The fourth-order valence-electron chi connectivity index (χ4n) is 1.78. The van der Waals surface area contributed by atoms with Gasteiger partial charge >= 0.3 is 58.4 Å². The normalized spacial score (nSPS) is 11.3. The zero-order chi connectivity index (χ0) is 14.8. The van der Waals surface area contributed by atoms with Crippen molar-refractivity contribution in [2.45, 2.75) is 26.5 Å². The largest absolute Gasteiger partial charge is 1.00 e. The summed E-state index contributed by atoms with van der Waals surface area (Å²) in [7, 11) is 0. The molecule has 0 spiro atoms. The van der Waals surface area contributed by atoms with E-state index in [1.807, 2.05) is 13.8 Å². The van der Waals surface area contributed by atoms with Crippen LogP contribution in [0.5, 0.6) is 5.75 Å². The van der Waals surface area contributed by atoms with Crippen LogP contribution in [-0.2, 0) is 6.61 Å². The van der Waals surface area contributed by atoms with Crippen LogP contribution < -0.4 is 61.6 Å². The number of para-hydroxylation sites is 1. The van der Waals surface area contributed by atoms with Gasteiger partial charge in [-0.05, 0) is 26.0 Å². The van der Waals surface area contributed by atoms with Gasteiger partial charge in [-0.15, -0.1) is 0 Å². The number of hydrogen-bond acceptors (Lipinski definition) is 2. The van der Waals surface area contributed by atoms with Gasteiger partial charge in [-0.2, -0.15) is 5.10 Å². The molecule has 21 heavy (non-hydrogen) atoms. The van der Waals surface area contributed by atoms with E-state index in [1.165, 1.54) is 18.2 Å². The number of rotatable bonds is 5. The first-order valence-corrected chi connectivity index (χ1v) is 6.33. The molecule has 1 heterocycles. The van der Waals surface area contributed by atoms with Crippen molar-refractivity contribution >= 4 is 12.4 Å². The Kier molecular flexibility index (Phi) is 6.99. The molecule has 8 heteroatoms. The smallest absolute Gasteiger partial charge is 0.490 e. The first-order valence-electron chi connectivity index (χ1n) is 6.33. The molecule has 0 aliphatic rings. The van der Waals surface area contributed by atoms with E-state index in [1.54, 1.807) is 16.9 Å². The molecule has 3 nitrogen and oxygen atoms in total. The molecule has 0 atom stereocenters. The van der Waals surface area contributed by atoms with Crippen LogP contribution in [0.1, 0.15) is 25.6 Å². The van der Waals surface area contributed by atoms with Crippen molar-refractivity contribution in [3.05, 3.63) is 42.2 Å². The molecule has 0 radical (unpaired) electrons. The average Bonchev–Trinajstić information content (AvgIpc) is 2.84. The summed E-state index contributed by atoms with van der Waals surface area (Å²) in [4.78, 5) is 0. The zero-order valence-electron chi connectivity index (χ0n) is 12.3. The second kappa shape index (κ2) is 7.82. The minimum atomic E-state index is -5.08. The Balaban J connectivity index is 0.00000220. The summed E-state index contributed by atoms with van der Waals surface area (Å²) in [6.07, 6.45) is 1.78. The molecule has 108 valence electrons. The van der Waals surface area contributed by atoms with Gasteiger partial charge in [-0.1, -0.05) is 23.7 Å². The maximum atomic E-state index is 12.8. The number of hydrogen-bond donors (Lipinski definition) is 0.